The van der Waals surface area contributed by atoms with Crippen molar-refractivity contribution < 1.29 is 28.2 Å². The first-order chi connectivity index (χ1) is 16.5. The van der Waals surface area contributed by atoms with Gasteiger partial charge in [-0.3, -0.25) is 4.79 Å². The average molecular weight is 461 g/mol. The van der Waals surface area contributed by atoms with Gasteiger partial charge in [-0.05, 0) is 34.9 Å². The quantitative estimate of drug-likeness (QED) is 0.341. The molecule has 1 heterocycles. The molecule has 0 aliphatic rings. The molecular formula is C27H21F2NO4. The number of carbonyl (C=O) groups is 1. The lowest BCUT2D eigenvalue weighted by Gasteiger charge is -2.15. The Bertz CT molecular complexity index is 1260. The number of aliphatic carboxylic acids is 1. The van der Waals surface area contributed by atoms with Crippen molar-refractivity contribution in [3.05, 3.63) is 113 Å². The molecule has 3 aromatic carbocycles. The fourth-order valence-electron chi connectivity index (χ4n) is 3.42. The molecule has 0 saturated heterocycles. The minimum Gasteiger partial charge on any atom is -0.481 e. The van der Waals surface area contributed by atoms with Crippen LogP contribution in [-0.4, -0.2) is 16.1 Å². The Morgan fingerprint density at radius 2 is 1.32 bits per heavy atom. The Labute approximate surface area is 195 Å². The van der Waals surface area contributed by atoms with Crippen molar-refractivity contribution in [1.82, 2.24) is 4.98 Å². The molecule has 0 spiro atoms. The number of carboxylic acid groups (broad SMARTS) is 1. The van der Waals surface area contributed by atoms with Crippen LogP contribution >= 0.6 is 0 Å². The zero-order chi connectivity index (χ0) is 23.9. The van der Waals surface area contributed by atoms with Crippen LogP contribution in [0.3, 0.4) is 0 Å². The molecule has 34 heavy (non-hydrogen) atoms. The summed E-state index contributed by atoms with van der Waals surface area (Å²) in [5, 5.41) is 8.93. The fraction of sp³-hybridized carbons (Fsp3) is 0.111. The Morgan fingerprint density at radius 3 is 1.88 bits per heavy atom. The molecule has 1 N–H and O–H groups in total. The van der Waals surface area contributed by atoms with E-state index in [1.165, 1.54) is 12.1 Å². The Hall–Kier alpha value is -4.26. The molecule has 0 aliphatic carbocycles. The van der Waals surface area contributed by atoms with Gasteiger partial charge in [0, 0.05) is 6.07 Å². The van der Waals surface area contributed by atoms with Crippen molar-refractivity contribution in [3.8, 4) is 22.9 Å². The topological polar surface area (TPSA) is 68.7 Å². The van der Waals surface area contributed by atoms with Gasteiger partial charge in [0.05, 0.1) is 17.5 Å². The second kappa shape index (κ2) is 10.6. The molecule has 4 aromatic rings. The summed E-state index contributed by atoms with van der Waals surface area (Å²) in [5.74, 6) is -2.75. The Morgan fingerprint density at radius 1 is 0.765 bits per heavy atom. The van der Waals surface area contributed by atoms with Crippen LogP contribution in [0.1, 0.15) is 16.7 Å². The van der Waals surface area contributed by atoms with E-state index in [0.29, 0.717) is 0 Å². The summed E-state index contributed by atoms with van der Waals surface area (Å²) >= 11 is 0. The minimum absolute atomic E-state index is 0.00167. The average Bonchev–Trinajstić information content (AvgIpc) is 2.83. The van der Waals surface area contributed by atoms with Crippen molar-refractivity contribution in [2.45, 2.75) is 19.6 Å². The molecule has 0 atom stereocenters. The van der Waals surface area contributed by atoms with Gasteiger partial charge in [-0.25, -0.2) is 8.78 Å². The second-order valence-electron chi connectivity index (χ2n) is 7.56. The zero-order valence-corrected chi connectivity index (χ0v) is 18.1. The van der Waals surface area contributed by atoms with Gasteiger partial charge < -0.3 is 14.6 Å². The fourth-order valence-corrected chi connectivity index (χ4v) is 3.42. The van der Waals surface area contributed by atoms with E-state index in [4.69, 9.17) is 14.6 Å². The number of hydrogen-bond donors (Lipinski definition) is 1. The molecule has 4 rings (SSSR count). The van der Waals surface area contributed by atoms with Crippen LogP contribution in [0, 0.1) is 11.6 Å². The highest BCUT2D eigenvalue weighted by Gasteiger charge is 2.20. The number of halogens is 2. The van der Waals surface area contributed by atoms with Crippen LogP contribution in [0.25, 0.3) is 11.1 Å². The van der Waals surface area contributed by atoms with Gasteiger partial charge in [-0.2, -0.15) is 4.98 Å². The molecule has 172 valence electrons. The standard InChI is InChI=1S/C27H21F2NO4/c28-22-13-20(15-25(31)32)14-23(29)26(22)21-11-12-24(33-16-18-7-3-1-4-8-18)30-27(21)34-17-19-9-5-2-6-10-19/h1-14H,15-17H2,(H,31,32). The van der Waals surface area contributed by atoms with Crippen LogP contribution in [0.2, 0.25) is 0 Å². The maximum absolute atomic E-state index is 14.9. The Balaban J connectivity index is 1.67. The van der Waals surface area contributed by atoms with Gasteiger partial charge in [0.15, 0.2) is 0 Å². The first kappa shape index (κ1) is 22.9. The molecule has 7 heteroatoms. The molecule has 0 fully saturated rings. The molecule has 5 nitrogen and oxygen atoms in total. The van der Waals surface area contributed by atoms with E-state index in [-0.39, 0.29) is 41.7 Å². The monoisotopic (exact) mass is 461 g/mol. The molecule has 0 radical (unpaired) electrons. The number of rotatable bonds is 9. The van der Waals surface area contributed by atoms with Crippen molar-refractivity contribution in [3.63, 3.8) is 0 Å². The first-order valence-electron chi connectivity index (χ1n) is 10.5. The third-order valence-electron chi connectivity index (χ3n) is 5.01. The summed E-state index contributed by atoms with van der Waals surface area (Å²) in [6.07, 6.45) is -0.490. The number of ether oxygens (including phenoxy) is 2. The van der Waals surface area contributed by atoms with Crippen LogP contribution in [0.4, 0.5) is 8.78 Å². The van der Waals surface area contributed by atoms with Crippen molar-refractivity contribution in [2.24, 2.45) is 0 Å². The van der Waals surface area contributed by atoms with Crippen LogP contribution in [0.15, 0.2) is 84.9 Å². The zero-order valence-electron chi connectivity index (χ0n) is 18.1. The molecule has 1 aromatic heterocycles. The predicted molar refractivity (Wildman–Crippen MR) is 122 cm³/mol. The molecular weight excluding hydrogens is 440 g/mol. The number of pyridine rings is 1. The minimum atomic E-state index is -1.18. The third kappa shape index (κ3) is 5.75. The summed E-state index contributed by atoms with van der Waals surface area (Å²) < 4.78 is 41.4. The molecule has 0 bridgehead atoms. The first-order valence-corrected chi connectivity index (χ1v) is 10.5. The van der Waals surface area contributed by atoms with E-state index in [1.54, 1.807) is 0 Å². The summed E-state index contributed by atoms with van der Waals surface area (Å²) in [6, 6.07) is 23.8. The summed E-state index contributed by atoms with van der Waals surface area (Å²) in [6.45, 7) is 0.390. The van der Waals surface area contributed by atoms with E-state index in [1.807, 2.05) is 60.7 Å². The largest absolute Gasteiger partial charge is 0.481 e. The van der Waals surface area contributed by atoms with E-state index in [9.17, 15) is 13.6 Å². The van der Waals surface area contributed by atoms with Gasteiger partial charge in [0.2, 0.25) is 11.8 Å². The molecule has 0 saturated carbocycles. The molecule has 0 unspecified atom stereocenters. The maximum Gasteiger partial charge on any atom is 0.307 e. The van der Waals surface area contributed by atoms with Crippen LogP contribution in [0.5, 0.6) is 11.8 Å². The lowest BCUT2D eigenvalue weighted by atomic mass is 10.0. The van der Waals surface area contributed by atoms with Crippen LogP contribution in [-0.2, 0) is 24.4 Å². The molecule has 0 amide bonds. The second-order valence-corrected chi connectivity index (χ2v) is 7.56. The lowest BCUT2D eigenvalue weighted by Crippen LogP contribution is -2.05. The van der Waals surface area contributed by atoms with Crippen molar-refractivity contribution in [2.75, 3.05) is 0 Å². The summed E-state index contributed by atoms with van der Waals surface area (Å²) in [5.41, 5.74) is 1.56. The van der Waals surface area contributed by atoms with Gasteiger partial charge in [-0.15, -0.1) is 0 Å². The van der Waals surface area contributed by atoms with E-state index in [0.717, 1.165) is 23.3 Å². The number of aromatic nitrogens is 1. The number of carboxylic acids is 1. The highest BCUT2D eigenvalue weighted by atomic mass is 19.1. The van der Waals surface area contributed by atoms with E-state index in [2.05, 4.69) is 4.98 Å². The smallest absolute Gasteiger partial charge is 0.307 e. The molecule has 0 aliphatic heterocycles. The van der Waals surface area contributed by atoms with Crippen molar-refractivity contribution >= 4 is 5.97 Å². The normalized spacial score (nSPS) is 10.6. The SMILES string of the molecule is O=C(O)Cc1cc(F)c(-c2ccc(OCc3ccccc3)nc2OCc2ccccc2)c(F)c1. The van der Waals surface area contributed by atoms with E-state index < -0.39 is 24.0 Å². The van der Waals surface area contributed by atoms with Gasteiger partial charge in [0.1, 0.15) is 24.8 Å². The Kier molecular flexibility index (Phi) is 7.13. The van der Waals surface area contributed by atoms with Gasteiger partial charge in [0.25, 0.3) is 0 Å². The highest BCUT2D eigenvalue weighted by molar-refractivity contribution is 5.73. The van der Waals surface area contributed by atoms with Crippen molar-refractivity contribution in [1.29, 1.82) is 0 Å². The van der Waals surface area contributed by atoms with Crippen LogP contribution < -0.4 is 9.47 Å². The van der Waals surface area contributed by atoms with Gasteiger partial charge >= 0.3 is 5.97 Å². The lowest BCUT2D eigenvalue weighted by molar-refractivity contribution is -0.136. The van der Waals surface area contributed by atoms with Gasteiger partial charge in [-0.1, -0.05) is 60.7 Å². The van der Waals surface area contributed by atoms with E-state index >= 15 is 0 Å². The maximum atomic E-state index is 14.9. The third-order valence-corrected chi connectivity index (χ3v) is 5.01. The number of nitrogens with zero attached hydrogens (tertiary/aromatic N) is 1. The predicted octanol–water partition coefficient (Wildman–Crippen LogP) is 5.81. The summed E-state index contributed by atoms with van der Waals surface area (Å²) in [7, 11) is 0. The highest BCUT2D eigenvalue weighted by Crippen LogP contribution is 2.35. The number of benzene rings is 3. The summed E-state index contributed by atoms with van der Waals surface area (Å²) in [4.78, 5) is 15.3. The number of hydrogen-bond acceptors (Lipinski definition) is 4.